The molecule has 0 atom stereocenters. The van der Waals surface area contributed by atoms with Gasteiger partial charge in [-0.25, -0.2) is 0 Å². The number of aromatic nitrogens is 1. The van der Waals surface area contributed by atoms with E-state index < -0.39 is 0 Å². The van der Waals surface area contributed by atoms with E-state index in [-0.39, 0.29) is 5.91 Å². The molecule has 0 saturated carbocycles. The van der Waals surface area contributed by atoms with Gasteiger partial charge in [0.15, 0.2) is 0 Å². The van der Waals surface area contributed by atoms with E-state index in [0.29, 0.717) is 12.5 Å². The van der Waals surface area contributed by atoms with Crippen LogP contribution in [0.2, 0.25) is 0 Å². The van der Waals surface area contributed by atoms with E-state index in [1.807, 2.05) is 30.3 Å². The number of benzene rings is 1. The van der Waals surface area contributed by atoms with Crippen LogP contribution in [0.4, 0.5) is 0 Å². The highest BCUT2D eigenvalue weighted by atomic mass is 16.1. The largest absolute Gasteiger partial charge is 0.348 e. The van der Waals surface area contributed by atoms with Gasteiger partial charge in [-0.3, -0.25) is 9.78 Å². The van der Waals surface area contributed by atoms with Crippen molar-refractivity contribution in [1.82, 2.24) is 10.3 Å². The van der Waals surface area contributed by atoms with Crippen molar-refractivity contribution in [2.75, 3.05) is 0 Å². The van der Waals surface area contributed by atoms with Crippen LogP contribution in [-0.4, -0.2) is 10.9 Å². The van der Waals surface area contributed by atoms with Crippen molar-refractivity contribution < 1.29 is 4.79 Å². The molecule has 1 N–H and O–H groups in total. The van der Waals surface area contributed by atoms with Gasteiger partial charge in [-0.15, -0.1) is 0 Å². The van der Waals surface area contributed by atoms with Gasteiger partial charge in [0.25, 0.3) is 0 Å². The Morgan fingerprint density at radius 1 is 1.14 bits per heavy atom. The Balaban J connectivity index is 1.87. The fraction of sp³-hybridized carbons (Fsp3) is 0.222. The molecule has 108 valence electrons. The molecular weight excluding hydrogens is 260 g/mol. The number of hydrogen-bond acceptors (Lipinski definition) is 2. The molecule has 2 aromatic rings. The Morgan fingerprint density at radius 3 is 2.43 bits per heavy atom. The van der Waals surface area contributed by atoms with Crippen molar-refractivity contribution in [3.8, 4) is 0 Å². The maximum Gasteiger partial charge on any atom is 0.244 e. The molecule has 0 unspecified atom stereocenters. The van der Waals surface area contributed by atoms with E-state index in [4.69, 9.17) is 0 Å². The van der Waals surface area contributed by atoms with E-state index in [2.05, 4.69) is 36.3 Å². The summed E-state index contributed by atoms with van der Waals surface area (Å²) < 4.78 is 0. The summed E-state index contributed by atoms with van der Waals surface area (Å²) >= 11 is 0. The molecule has 1 heterocycles. The molecule has 0 spiro atoms. The van der Waals surface area contributed by atoms with Crippen LogP contribution < -0.4 is 5.32 Å². The molecule has 0 aliphatic carbocycles. The average molecular weight is 280 g/mol. The van der Waals surface area contributed by atoms with Crippen LogP contribution in [-0.2, 0) is 11.3 Å². The van der Waals surface area contributed by atoms with E-state index in [0.717, 1.165) is 11.1 Å². The molecule has 1 aromatic heterocycles. The predicted octanol–water partition coefficient (Wildman–Crippen LogP) is 3.53. The number of carbonyl (C=O) groups excluding carboxylic acids is 1. The number of nitrogens with one attached hydrogen (secondary N) is 1. The SMILES string of the molecule is CC(C)c1ccc(/C=C/C(=O)NCc2ccncc2)cc1. The lowest BCUT2D eigenvalue weighted by Crippen LogP contribution is -2.20. The third-order valence-corrected chi connectivity index (χ3v) is 3.25. The summed E-state index contributed by atoms with van der Waals surface area (Å²) in [5.74, 6) is 0.423. The van der Waals surface area contributed by atoms with Crippen LogP contribution in [0.3, 0.4) is 0 Å². The van der Waals surface area contributed by atoms with Gasteiger partial charge < -0.3 is 5.32 Å². The maximum absolute atomic E-state index is 11.8. The number of rotatable bonds is 5. The van der Waals surface area contributed by atoms with Crippen LogP contribution in [0.15, 0.2) is 54.9 Å². The van der Waals surface area contributed by atoms with Gasteiger partial charge in [-0.05, 0) is 40.8 Å². The standard InChI is InChI=1S/C18H20N2O/c1-14(2)17-6-3-15(4-7-17)5-8-18(21)20-13-16-9-11-19-12-10-16/h3-12,14H,13H2,1-2H3,(H,20,21)/b8-5+. The second-order valence-corrected chi connectivity index (χ2v) is 5.23. The first-order valence-electron chi connectivity index (χ1n) is 7.10. The van der Waals surface area contributed by atoms with Gasteiger partial charge in [-0.1, -0.05) is 38.1 Å². The van der Waals surface area contributed by atoms with Crippen LogP contribution in [0.5, 0.6) is 0 Å². The van der Waals surface area contributed by atoms with Crippen molar-refractivity contribution in [2.45, 2.75) is 26.3 Å². The molecule has 3 nitrogen and oxygen atoms in total. The molecular formula is C18H20N2O. The summed E-state index contributed by atoms with van der Waals surface area (Å²) in [5, 5.41) is 2.85. The first kappa shape index (κ1) is 15.0. The molecule has 1 amide bonds. The minimum Gasteiger partial charge on any atom is -0.348 e. The van der Waals surface area contributed by atoms with Gasteiger partial charge >= 0.3 is 0 Å². The Kier molecular flexibility index (Phi) is 5.27. The molecule has 1 aromatic carbocycles. The Hall–Kier alpha value is -2.42. The average Bonchev–Trinajstić information content (AvgIpc) is 2.52. The van der Waals surface area contributed by atoms with Crippen LogP contribution in [0.1, 0.15) is 36.5 Å². The number of pyridine rings is 1. The predicted molar refractivity (Wildman–Crippen MR) is 85.6 cm³/mol. The first-order valence-corrected chi connectivity index (χ1v) is 7.10. The fourth-order valence-corrected chi connectivity index (χ4v) is 1.91. The van der Waals surface area contributed by atoms with Crippen molar-refractivity contribution in [3.05, 3.63) is 71.6 Å². The van der Waals surface area contributed by atoms with Crippen LogP contribution in [0, 0.1) is 0 Å². The molecule has 0 saturated heterocycles. The van der Waals surface area contributed by atoms with E-state index in [1.54, 1.807) is 18.5 Å². The zero-order valence-electron chi connectivity index (χ0n) is 12.4. The lowest BCUT2D eigenvalue weighted by Gasteiger charge is -2.04. The summed E-state index contributed by atoms with van der Waals surface area (Å²) in [4.78, 5) is 15.7. The van der Waals surface area contributed by atoms with Gasteiger partial charge in [0.05, 0.1) is 0 Å². The van der Waals surface area contributed by atoms with Gasteiger partial charge in [0, 0.05) is 25.0 Å². The number of hydrogen-bond donors (Lipinski definition) is 1. The molecule has 0 bridgehead atoms. The number of amides is 1. The van der Waals surface area contributed by atoms with Gasteiger partial charge in [0.2, 0.25) is 5.91 Å². The lowest BCUT2D eigenvalue weighted by atomic mass is 10.0. The highest BCUT2D eigenvalue weighted by molar-refractivity contribution is 5.91. The quantitative estimate of drug-likeness (QED) is 0.851. The zero-order valence-corrected chi connectivity index (χ0v) is 12.4. The van der Waals surface area contributed by atoms with Crippen molar-refractivity contribution in [2.24, 2.45) is 0 Å². The van der Waals surface area contributed by atoms with E-state index in [9.17, 15) is 4.79 Å². The second-order valence-electron chi connectivity index (χ2n) is 5.23. The number of carbonyl (C=O) groups is 1. The minimum absolute atomic E-state index is 0.0975. The summed E-state index contributed by atoms with van der Waals surface area (Å²) in [5.41, 5.74) is 3.36. The third-order valence-electron chi connectivity index (χ3n) is 3.25. The summed E-state index contributed by atoms with van der Waals surface area (Å²) in [6, 6.07) is 12.0. The second kappa shape index (κ2) is 7.39. The maximum atomic E-state index is 11.8. The zero-order chi connectivity index (χ0) is 15.1. The molecule has 0 aliphatic rings. The monoisotopic (exact) mass is 280 g/mol. The fourth-order valence-electron chi connectivity index (χ4n) is 1.91. The Morgan fingerprint density at radius 2 is 1.81 bits per heavy atom. The van der Waals surface area contributed by atoms with Gasteiger partial charge in [0.1, 0.15) is 0 Å². The first-order chi connectivity index (χ1) is 10.1. The molecule has 0 radical (unpaired) electrons. The summed E-state index contributed by atoms with van der Waals surface area (Å²) in [6.45, 7) is 4.84. The third kappa shape index (κ3) is 4.88. The molecule has 0 aliphatic heterocycles. The van der Waals surface area contributed by atoms with E-state index >= 15 is 0 Å². The highest BCUT2D eigenvalue weighted by Crippen LogP contribution is 2.15. The van der Waals surface area contributed by atoms with E-state index in [1.165, 1.54) is 5.56 Å². The molecule has 3 heteroatoms. The van der Waals surface area contributed by atoms with Crippen LogP contribution >= 0.6 is 0 Å². The Labute approximate surface area is 125 Å². The van der Waals surface area contributed by atoms with Crippen molar-refractivity contribution >= 4 is 12.0 Å². The van der Waals surface area contributed by atoms with Crippen molar-refractivity contribution in [3.63, 3.8) is 0 Å². The molecule has 21 heavy (non-hydrogen) atoms. The smallest absolute Gasteiger partial charge is 0.244 e. The van der Waals surface area contributed by atoms with Crippen LogP contribution in [0.25, 0.3) is 6.08 Å². The normalized spacial score (nSPS) is 11.0. The number of nitrogens with zero attached hydrogens (tertiary/aromatic N) is 1. The molecule has 2 rings (SSSR count). The molecule has 0 fully saturated rings. The lowest BCUT2D eigenvalue weighted by molar-refractivity contribution is -0.116. The minimum atomic E-state index is -0.0975. The highest BCUT2D eigenvalue weighted by Gasteiger charge is 1.99. The Bertz CT molecular complexity index is 601. The summed E-state index contributed by atoms with van der Waals surface area (Å²) in [7, 11) is 0. The topological polar surface area (TPSA) is 42.0 Å². The van der Waals surface area contributed by atoms with Gasteiger partial charge in [-0.2, -0.15) is 0 Å². The van der Waals surface area contributed by atoms with Crippen molar-refractivity contribution in [1.29, 1.82) is 0 Å². The summed E-state index contributed by atoms with van der Waals surface area (Å²) in [6.07, 6.45) is 6.82.